The van der Waals surface area contributed by atoms with Gasteiger partial charge >= 0.3 is 0 Å². The minimum atomic E-state index is -0.0464. The van der Waals surface area contributed by atoms with E-state index >= 15 is 0 Å². The van der Waals surface area contributed by atoms with E-state index in [1.807, 2.05) is 12.2 Å². The number of aliphatic hydroxyl groups excluding tert-OH is 1. The van der Waals surface area contributed by atoms with Crippen molar-refractivity contribution in [2.24, 2.45) is 0 Å². The molecule has 0 amide bonds. The molecule has 13 heavy (non-hydrogen) atoms. The molecule has 1 N–H and O–H groups in total. The molecule has 0 atom stereocenters. The zero-order chi connectivity index (χ0) is 9.68. The SMILES string of the molecule is OC(OC(CBr)CBr)=C1C=CC=C1. The van der Waals surface area contributed by atoms with Gasteiger partial charge in [0.05, 0.1) is 5.57 Å². The van der Waals surface area contributed by atoms with Crippen molar-refractivity contribution in [2.75, 3.05) is 10.7 Å². The lowest BCUT2D eigenvalue weighted by Gasteiger charge is -2.13. The normalized spacial score (nSPS) is 14.2. The standard InChI is InChI=1S/C9H10Br2O2/c10-5-8(6-11)13-9(12)7-3-1-2-4-7/h1-4,8,12H,5-6H2. The molecule has 4 heteroatoms. The largest absolute Gasteiger partial charge is 0.481 e. The first kappa shape index (κ1) is 10.9. The first-order valence-corrected chi connectivity index (χ1v) is 6.08. The zero-order valence-electron chi connectivity index (χ0n) is 6.91. The third-order valence-electron chi connectivity index (χ3n) is 1.53. The van der Waals surface area contributed by atoms with Crippen LogP contribution in [0.1, 0.15) is 0 Å². The molecule has 1 aliphatic carbocycles. The van der Waals surface area contributed by atoms with Crippen LogP contribution in [0.2, 0.25) is 0 Å². The molecule has 0 unspecified atom stereocenters. The molecular formula is C9H10Br2O2. The smallest absolute Gasteiger partial charge is 0.284 e. The molecule has 0 aliphatic heterocycles. The zero-order valence-corrected chi connectivity index (χ0v) is 10.1. The van der Waals surface area contributed by atoms with Crippen LogP contribution in [0, 0.1) is 0 Å². The molecule has 72 valence electrons. The highest BCUT2D eigenvalue weighted by atomic mass is 79.9. The van der Waals surface area contributed by atoms with Gasteiger partial charge in [0, 0.05) is 10.7 Å². The van der Waals surface area contributed by atoms with Crippen LogP contribution in [0.4, 0.5) is 0 Å². The minimum Gasteiger partial charge on any atom is -0.481 e. The Morgan fingerprint density at radius 3 is 2.31 bits per heavy atom. The van der Waals surface area contributed by atoms with Crippen molar-refractivity contribution in [3.63, 3.8) is 0 Å². The molecule has 0 aromatic heterocycles. The molecule has 0 saturated heterocycles. The van der Waals surface area contributed by atoms with E-state index in [9.17, 15) is 5.11 Å². The molecule has 0 fully saturated rings. The first-order chi connectivity index (χ1) is 6.27. The lowest BCUT2D eigenvalue weighted by Crippen LogP contribution is -2.16. The number of hydrogen-bond acceptors (Lipinski definition) is 2. The van der Waals surface area contributed by atoms with Crippen molar-refractivity contribution in [3.05, 3.63) is 35.8 Å². The lowest BCUT2D eigenvalue weighted by atomic mass is 10.3. The quantitative estimate of drug-likeness (QED) is 0.639. The van der Waals surface area contributed by atoms with E-state index in [-0.39, 0.29) is 12.0 Å². The van der Waals surface area contributed by atoms with Crippen LogP contribution < -0.4 is 0 Å². The van der Waals surface area contributed by atoms with Gasteiger partial charge in [0.25, 0.3) is 5.95 Å². The van der Waals surface area contributed by atoms with Gasteiger partial charge in [-0.15, -0.1) is 0 Å². The third-order valence-corrected chi connectivity index (χ3v) is 2.98. The molecule has 0 bridgehead atoms. The molecule has 1 aliphatic rings. The average molecular weight is 310 g/mol. The Balaban J connectivity index is 2.57. The van der Waals surface area contributed by atoms with Crippen molar-refractivity contribution in [3.8, 4) is 0 Å². The van der Waals surface area contributed by atoms with Gasteiger partial charge in [-0.05, 0) is 12.2 Å². The first-order valence-electron chi connectivity index (χ1n) is 3.84. The highest BCUT2D eigenvalue weighted by molar-refractivity contribution is 9.09. The van der Waals surface area contributed by atoms with E-state index in [2.05, 4.69) is 31.9 Å². The monoisotopic (exact) mass is 308 g/mol. The summed E-state index contributed by atoms with van der Waals surface area (Å²) in [7, 11) is 0. The summed E-state index contributed by atoms with van der Waals surface area (Å²) in [6.07, 6.45) is 7.26. The second-order valence-electron chi connectivity index (χ2n) is 2.53. The van der Waals surface area contributed by atoms with Crippen LogP contribution in [-0.4, -0.2) is 21.9 Å². The highest BCUT2D eigenvalue weighted by Gasteiger charge is 2.10. The van der Waals surface area contributed by atoms with Crippen LogP contribution in [0.3, 0.4) is 0 Å². The molecule has 0 heterocycles. The number of ether oxygens (including phenoxy) is 1. The second kappa shape index (κ2) is 5.50. The van der Waals surface area contributed by atoms with Gasteiger partial charge in [0.15, 0.2) is 0 Å². The Labute approximate surface area is 94.2 Å². The molecule has 0 aromatic carbocycles. The summed E-state index contributed by atoms with van der Waals surface area (Å²) in [5, 5.41) is 10.9. The Morgan fingerprint density at radius 1 is 1.31 bits per heavy atom. The molecule has 0 saturated carbocycles. The maximum absolute atomic E-state index is 9.49. The van der Waals surface area contributed by atoms with Gasteiger partial charge in [0.2, 0.25) is 0 Å². The highest BCUT2D eigenvalue weighted by Crippen LogP contribution is 2.15. The lowest BCUT2D eigenvalue weighted by molar-refractivity contribution is 0.0561. The minimum absolute atomic E-state index is 0.0195. The molecule has 1 rings (SSSR count). The fraction of sp³-hybridized carbons (Fsp3) is 0.333. The van der Waals surface area contributed by atoms with Crippen LogP contribution in [-0.2, 0) is 4.74 Å². The number of rotatable bonds is 4. The van der Waals surface area contributed by atoms with Crippen LogP contribution >= 0.6 is 31.9 Å². The third kappa shape index (κ3) is 3.19. The van der Waals surface area contributed by atoms with Crippen molar-refractivity contribution < 1.29 is 9.84 Å². The van der Waals surface area contributed by atoms with Gasteiger partial charge in [-0.25, -0.2) is 0 Å². The number of alkyl halides is 2. The van der Waals surface area contributed by atoms with Crippen molar-refractivity contribution in [1.29, 1.82) is 0 Å². The van der Waals surface area contributed by atoms with E-state index in [0.717, 1.165) is 0 Å². The van der Waals surface area contributed by atoms with Gasteiger partial charge in [-0.3, -0.25) is 0 Å². The predicted molar refractivity (Wildman–Crippen MR) is 60.4 cm³/mol. The maximum Gasteiger partial charge on any atom is 0.284 e. The number of hydrogen-bond donors (Lipinski definition) is 1. The van der Waals surface area contributed by atoms with Crippen molar-refractivity contribution in [1.82, 2.24) is 0 Å². The van der Waals surface area contributed by atoms with Gasteiger partial charge in [-0.1, -0.05) is 44.0 Å². The van der Waals surface area contributed by atoms with E-state index in [0.29, 0.717) is 16.2 Å². The van der Waals surface area contributed by atoms with E-state index in [1.54, 1.807) is 12.2 Å². The van der Waals surface area contributed by atoms with E-state index in [4.69, 9.17) is 4.74 Å². The maximum atomic E-state index is 9.49. The predicted octanol–water partition coefficient (Wildman–Crippen LogP) is 3.06. The Hall–Kier alpha value is -0.220. The number of halogens is 2. The van der Waals surface area contributed by atoms with Gasteiger partial charge < -0.3 is 9.84 Å². The summed E-state index contributed by atoms with van der Waals surface area (Å²) < 4.78 is 5.27. The summed E-state index contributed by atoms with van der Waals surface area (Å²) >= 11 is 6.58. The van der Waals surface area contributed by atoms with Crippen molar-refractivity contribution in [2.45, 2.75) is 6.10 Å². The fourth-order valence-corrected chi connectivity index (χ4v) is 2.18. The van der Waals surface area contributed by atoms with Crippen molar-refractivity contribution >= 4 is 31.9 Å². The Kier molecular flexibility index (Phi) is 4.59. The van der Waals surface area contributed by atoms with Gasteiger partial charge in [0.1, 0.15) is 6.10 Å². The van der Waals surface area contributed by atoms with E-state index < -0.39 is 0 Å². The Bertz CT molecular complexity index is 238. The average Bonchev–Trinajstić information content (AvgIpc) is 2.66. The summed E-state index contributed by atoms with van der Waals surface area (Å²) in [6.45, 7) is 0. The fourth-order valence-electron chi connectivity index (χ4n) is 0.847. The molecular weight excluding hydrogens is 300 g/mol. The van der Waals surface area contributed by atoms with Gasteiger partial charge in [-0.2, -0.15) is 0 Å². The summed E-state index contributed by atoms with van der Waals surface area (Å²) in [6, 6.07) is 0. The molecule has 0 spiro atoms. The number of allylic oxidation sites excluding steroid dienone is 5. The van der Waals surface area contributed by atoms with E-state index in [1.165, 1.54) is 0 Å². The summed E-state index contributed by atoms with van der Waals surface area (Å²) in [5.41, 5.74) is 0.715. The number of aliphatic hydroxyl groups is 1. The van der Waals surface area contributed by atoms with Crippen LogP contribution in [0.5, 0.6) is 0 Å². The topological polar surface area (TPSA) is 29.5 Å². The summed E-state index contributed by atoms with van der Waals surface area (Å²) in [4.78, 5) is 0. The molecule has 0 aromatic rings. The van der Waals surface area contributed by atoms with Crippen LogP contribution in [0.25, 0.3) is 0 Å². The second-order valence-corrected chi connectivity index (χ2v) is 3.82. The Morgan fingerprint density at radius 2 is 1.85 bits per heavy atom. The molecule has 0 radical (unpaired) electrons. The molecule has 2 nitrogen and oxygen atoms in total. The van der Waals surface area contributed by atoms with Crippen LogP contribution in [0.15, 0.2) is 35.8 Å². The summed E-state index contributed by atoms with van der Waals surface area (Å²) in [5.74, 6) is -0.0195.